The van der Waals surface area contributed by atoms with E-state index in [2.05, 4.69) is 96.8 Å². The van der Waals surface area contributed by atoms with Crippen LogP contribution in [-0.4, -0.2) is 44.2 Å². The summed E-state index contributed by atoms with van der Waals surface area (Å²) in [6, 6.07) is 41.6. The fourth-order valence-corrected chi connectivity index (χ4v) is 9.30. The zero-order valence-electron chi connectivity index (χ0n) is 25.1. The monoisotopic (exact) mass is 600 g/mol. The summed E-state index contributed by atoms with van der Waals surface area (Å²) >= 11 is 0. The van der Waals surface area contributed by atoms with E-state index in [1.165, 1.54) is 15.9 Å². The molecule has 0 amide bonds. The van der Waals surface area contributed by atoms with Gasteiger partial charge in [-0.3, -0.25) is 0 Å². The van der Waals surface area contributed by atoms with E-state index in [0.717, 1.165) is 22.2 Å². The number of nitrogens with zero attached hydrogens (tertiary/aromatic N) is 2. The first-order valence-electron chi connectivity index (χ1n) is 14.2. The van der Waals surface area contributed by atoms with Gasteiger partial charge in [-0.25, -0.2) is 9.97 Å². The zero-order valence-corrected chi connectivity index (χ0v) is 26.0. The van der Waals surface area contributed by atoms with Gasteiger partial charge in [0, 0.05) is 17.0 Å². The lowest BCUT2D eigenvalue weighted by Gasteiger charge is -2.28. The highest BCUT2D eigenvalue weighted by Crippen LogP contribution is 2.45. The molecule has 0 aliphatic carbocycles. The summed E-state index contributed by atoms with van der Waals surface area (Å²) in [5, 5.41) is 4.46. The average molecular weight is 601 g/mol. The average Bonchev–Trinajstić information content (AvgIpc) is 3.10. The van der Waals surface area contributed by atoms with Crippen LogP contribution in [-0.2, 0) is 0 Å². The van der Waals surface area contributed by atoms with Gasteiger partial charge in [0.1, 0.15) is 0 Å². The second kappa shape index (κ2) is 12.7. The van der Waals surface area contributed by atoms with Crippen molar-refractivity contribution >= 4 is 39.5 Å². The fraction of sp³-hybridized carbons (Fsp3) is 0.108. The molecule has 6 aromatic rings. The number of methoxy groups -OCH3 is 4. The van der Waals surface area contributed by atoms with Crippen LogP contribution < -0.4 is 34.9 Å². The van der Waals surface area contributed by atoms with E-state index < -0.39 is 6.89 Å². The molecule has 0 N–H and O–H groups in total. The highest BCUT2D eigenvalue weighted by molar-refractivity contribution is 7.94. The highest BCUT2D eigenvalue weighted by atomic mass is 31.2. The Morgan fingerprint density at radius 3 is 1.48 bits per heavy atom. The molecule has 1 aromatic heterocycles. The number of ether oxygens (including phenoxy) is 4. The van der Waals surface area contributed by atoms with Gasteiger partial charge in [0.15, 0.2) is 28.8 Å². The number of fused-ring (bicyclic) bond motifs is 1. The molecule has 0 saturated carbocycles. The molecule has 0 radical (unpaired) electrons. The number of hydrogen-bond acceptors (Lipinski definition) is 6. The van der Waals surface area contributed by atoms with Crippen LogP contribution in [0.3, 0.4) is 0 Å². The standard InChI is InChI=1S/C37H33N2O4P/c1-40-32-21-20-26(22-33(32)41-2)37-30-23-34(42-3)35(43-4)24-31(30)38-36(39-37)25-44(27-14-8-5-9-15-27,28-16-10-6-11-17-28)29-18-12-7-13-19-29/h5-25H,1-4H3. The molecule has 0 fully saturated rings. The van der Waals surface area contributed by atoms with Crippen LogP contribution >= 0.6 is 6.89 Å². The Kier molecular flexibility index (Phi) is 8.36. The molecule has 7 heteroatoms. The van der Waals surface area contributed by atoms with Crippen molar-refractivity contribution in [2.24, 2.45) is 0 Å². The first-order valence-corrected chi connectivity index (χ1v) is 16.0. The van der Waals surface area contributed by atoms with Crippen molar-refractivity contribution in [3.8, 4) is 34.3 Å². The van der Waals surface area contributed by atoms with Crippen LogP contribution in [0.2, 0.25) is 0 Å². The van der Waals surface area contributed by atoms with Crippen molar-refractivity contribution < 1.29 is 18.9 Å². The van der Waals surface area contributed by atoms with Crippen LogP contribution in [0.25, 0.3) is 22.2 Å². The summed E-state index contributed by atoms with van der Waals surface area (Å²) < 4.78 is 22.5. The molecule has 0 aliphatic heterocycles. The van der Waals surface area contributed by atoms with Crippen LogP contribution in [0.5, 0.6) is 23.0 Å². The van der Waals surface area contributed by atoms with E-state index in [1.54, 1.807) is 28.4 Å². The summed E-state index contributed by atoms with van der Waals surface area (Å²) in [7, 11) is 6.51. The van der Waals surface area contributed by atoms with E-state index in [0.29, 0.717) is 28.8 Å². The first-order chi connectivity index (χ1) is 21.6. The van der Waals surface area contributed by atoms with Crippen LogP contribution in [0.4, 0.5) is 0 Å². The molecule has 0 spiro atoms. The SMILES string of the molecule is COc1ccc(-c2nc(C=P(c3ccccc3)(c3ccccc3)c3ccccc3)nc3cc(OC)c(OC)cc23)cc1OC. The maximum atomic E-state index is 5.68. The Bertz CT molecular complexity index is 1860. The van der Waals surface area contributed by atoms with Crippen LogP contribution in [0.15, 0.2) is 121 Å². The molecule has 0 bridgehead atoms. The Balaban J connectivity index is 1.74. The van der Waals surface area contributed by atoms with Gasteiger partial charge < -0.3 is 18.9 Å². The van der Waals surface area contributed by atoms with E-state index >= 15 is 0 Å². The van der Waals surface area contributed by atoms with Gasteiger partial charge in [-0.05, 0) is 52.9 Å². The van der Waals surface area contributed by atoms with E-state index in [1.807, 2.05) is 30.3 Å². The predicted molar refractivity (Wildman–Crippen MR) is 181 cm³/mol. The molecule has 0 aliphatic rings. The van der Waals surface area contributed by atoms with Gasteiger partial charge in [0.25, 0.3) is 0 Å². The molecule has 44 heavy (non-hydrogen) atoms. The Labute approximate surface area is 257 Å². The minimum atomic E-state index is -2.38. The molecule has 6 rings (SSSR count). The minimum absolute atomic E-state index is 0.596. The fourth-order valence-electron chi connectivity index (χ4n) is 5.57. The van der Waals surface area contributed by atoms with Gasteiger partial charge >= 0.3 is 0 Å². The maximum Gasteiger partial charge on any atom is 0.162 e. The molecular formula is C37H33N2O4P. The zero-order chi connectivity index (χ0) is 30.5. The van der Waals surface area contributed by atoms with E-state index in [-0.39, 0.29) is 0 Å². The number of rotatable bonds is 9. The summed E-state index contributed by atoms with van der Waals surface area (Å²) in [5.41, 5.74) is 2.34. The van der Waals surface area contributed by atoms with Gasteiger partial charge in [-0.15, -0.1) is 0 Å². The second-order valence-electron chi connectivity index (χ2n) is 10.1. The van der Waals surface area contributed by atoms with Crippen molar-refractivity contribution in [1.29, 1.82) is 0 Å². The molecule has 6 nitrogen and oxygen atoms in total. The number of hydrogen-bond donors (Lipinski definition) is 0. The van der Waals surface area contributed by atoms with Crippen LogP contribution in [0, 0.1) is 0 Å². The van der Waals surface area contributed by atoms with Gasteiger partial charge in [-0.2, -0.15) is 0 Å². The third-order valence-electron chi connectivity index (χ3n) is 7.67. The lowest BCUT2D eigenvalue weighted by atomic mass is 10.0. The van der Waals surface area contributed by atoms with Crippen molar-refractivity contribution in [2.45, 2.75) is 0 Å². The Morgan fingerprint density at radius 2 is 0.977 bits per heavy atom. The Hall–Kier alpha value is -5.06. The van der Waals surface area contributed by atoms with Gasteiger partial charge in [0.05, 0.1) is 39.6 Å². The van der Waals surface area contributed by atoms with Crippen molar-refractivity contribution in [2.75, 3.05) is 28.4 Å². The Morgan fingerprint density at radius 1 is 0.500 bits per heavy atom. The minimum Gasteiger partial charge on any atom is -0.493 e. The molecular weight excluding hydrogens is 567 g/mol. The predicted octanol–water partition coefficient (Wildman–Crippen LogP) is 6.48. The van der Waals surface area contributed by atoms with Gasteiger partial charge in [-0.1, -0.05) is 91.0 Å². The first kappa shape index (κ1) is 29.0. The van der Waals surface area contributed by atoms with Crippen LogP contribution in [0.1, 0.15) is 5.82 Å². The smallest absolute Gasteiger partial charge is 0.162 e. The lowest BCUT2D eigenvalue weighted by molar-refractivity contribution is 0.355. The summed E-state index contributed by atoms with van der Waals surface area (Å²) in [6.07, 6.45) is 0. The van der Waals surface area contributed by atoms with Crippen molar-refractivity contribution in [3.63, 3.8) is 0 Å². The summed E-state index contributed by atoms with van der Waals surface area (Å²) in [5.74, 6) is 5.33. The lowest BCUT2D eigenvalue weighted by Crippen LogP contribution is -2.27. The number of benzene rings is 5. The van der Waals surface area contributed by atoms with Crippen molar-refractivity contribution in [1.82, 2.24) is 9.97 Å². The molecule has 0 unspecified atom stereocenters. The largest absolute Gasteiger partial charge is 0.493 e. The summed E-state index contributed by atoms with van der Waals surface area (Å²) in [6.45, 7) is -2.38. The highest BCUT2D eigenvalue weighted by Gasteiger charge is 2.26. The number of aromatic nitrogens is 2. The molecule has 5 aromatic carbocycles. The van der Waals surface area contributed by atoms with Crippen molar-refractivity contribution in [3.05, 3.63) is 127 Å². The van der Waals surface area contributed by atoms with E-state index in [9.17, 15) is 0 Å². The molecule has 1 heterocycles. The molecule has 0 atom stereocenters. The van der Waals surface area contributed by atoms with E-state index in [4.69, 9.17) is 28.9 Å². The van der Waals surface area contributed by atoms with Gasteiger partial charge in [0.2, 0.25) is 0 Å². The third-order valence-corrected chi connectivity index (χ3v) is 11.6. The topological polar surface area (TPSA) is 62.7 Å². The second-order valence-corrected chi connectivity index (χ2v) is 13.3. The summed E-state index contributed by atoms with van der Waals surface area (Å²) in [4.78, 5) is 10.4. The normalized spacial score (nSPS) is 11.2. The quantitative estimate of drug-likeness (QED) is 0.177. The molecule has 220 valence electrons. The molecule has 0 saturated heterocycles. The maximum absolute atomic E-state index is 5.68. The third kappa shape index (κ3) is 5.29.